The van der Waals surface area contributed by atoms with Gasteiger partial charge in [0.1, 0.15) is 6.04 Å². The number of carbonyl (C=O) groups excluding carboxylic acids is 1. The average Bonchev–Trinajstić information content (AvgIpc) is 2.63. The molecule has 1 amide bonds. The van der Waals surface area contributed by atoms with Gasteiger partial charge in [0.2, 0.25) is 15.9 Å². The number of aryl methyl sites for hydroxylation is 3. The van der Waals surface area contributed by atoms with E-state index < -0.39 is 39.8 Å². The topological polar surface area (TPSA) is 66.5 Å². The summed E-state index contributed by atoms with van der Waals surface area (Å²) in [7, 11) is -4.04. The highest BCUT2D eigenvalue weighted by atomic mass is 32.2. The van der Waals surface area contributed by atoms with Crippen molar-refractivity contribution in [2.24, 2.45) is 0 Å². The number of benzene rings is 2. The molecule has 170 valence electrons. The molecule has 0 radical (unpaired) electrons. The highest BCUT2D eigenvalue weighted by Gasteiger charge is 2.34. The van der Waals surface area contributed by atoms with Gasteiger partial charge in [-0.05, 0) is 75.1 Å². The van der Waals surface area contributed by atoms with E-state index in [-0.39, 0.29) is 5.69 Å². The zero-order chi connectivity index (χ0) is 23.7. The molecule has 31 heavy (non-hydrogen) atoms. The molecule has 0 fully saturated rings. The number of halogens is 3. The maximum atomic E-state index is 13.1. The Kier molecular flexibility index (Phi) is 7.10. The summed E-state index contributed by atoms with van der Waals surface area (Å²) in [6, 6.07) is 6.20. The van der Waals surface area contributed by atoms with Gasteiger partial charge in [0, 0.05) is 0 Å². The van der Waals surface area contributed by atoms with E-state index >= 15 is 0 Å². The summed E-state index contributed by atoms with van der Waals surface area (Å²) in [6.07, 6.45) is -3.78. The van der Waals surface area contributed by atoms with Crippen LogP contribution < -0.4 is 9.62 Å². The fourth-order valence-electron chi connectivity index (χ4n) is 3.49. The van der Waals surface area contributed by atoms with E-state index in [9.17, 15) is 26.4 Å². The Bertz CT molecular complexity index is 1080. The zero-order valence-electron chi connectivity index (χ0n) is 18.3. The van der Waals surface area contributed by atoms with Crippen LogP contribution in [0.1, 0.15) is 47.7 Å². The molecule has 2 unspecified atom stereocenters. The average molecular weight is 457 g/mol. The summed E-state index contributed by atoms with van der Waals surface area (Å²) in [6.45, 7) is 8.97. The number of amides is 1. The monoisotopic (exact) mass is 456 g/mol. The van der Waals surface area contributed by atoms with E-state index in [4.69, 9.17) is 0 Å². The Balaban J connectivity index is 2.36. The van der Waals surface area contributed by atoms with Crippen molar-refractivity contribution >= 4 is 21.6 Å². The lowest BCUT2D eigenvalue weighted by Crippen LogP contribution is -2.48. The molecule has 0 saturated carbocycles. The first kappa shape index (κ1) is 24.7. The maximum Gasteiger partial charge on any atom is 0.416 e. The van der Waals surface area contributed by atoms with Crippen LogP contribution in [0.15, 0.2) is 36.4 Å². The van der Waals surface area contributed by atoms with Crippen LogP contribution in [0.25, 0.3) is 0 Å². The van der Waals surface area contributed by atoms with E-state index in [2.05, 4.69) is 5.32 Å². The molecule has 0 aliphatic carbocycles. The zero-order valence-corrected chi connectivity index (χ0v) is 19.1. The first-order chi connectivity index (χ1) is 14.1. The second-order valence-corrected chi connectivity index (χ2v) is 9.67. The molecular formula is C22H27F3N2O3S. The van der Waals surface area contributed by atoms with E-state index in [1.807, 2.05) is 32.9 Å². The fourth-order valence-corrected chi connectivity index (χ4v) is 4.66. The Morgan fingerprint density at radius 3 is 2.13 bits per heavy atom. The molecule has 2 aromatic rings. The van der Waals surface area contributed by atoms with Crippen molar-refractivity contribution < 1.29 is 26.4 Å². The summed E-state index contributed by atoms with van der Waals surface area (Å²) >= 11 is 0. The predicted octanol–water partition coefficient (Wildman–Crippen LogP) is 4.66. The minimum Gasteiger partial charge on any atom is -0.348 e. The number of hydrogen-bond donors (Lipinski definition) is 1. The molecule has 0 spiro atoms. The molecule has 2 aromatic carbocycles. The summed E-state index contributed by atoms with van der Waals surface area (Å²) in [5, 5.41) is 2.78. The van der Waals surface area contributed by atoms with Crippen molar-refractivity contribution in [1.82, 2.24) is 5.32 Å². The largest absolute Gasteiger partial charge is 0.416 e. The second-order valence-electron chi connectivity index (χ2n) is 7.81. The van der Waals surface area contributed by atoms with Crippen LogP contribution in [0.4, 0.5) is 18.9 Å². The fraction of sp³-hybridized carbons (Fsp3) is 0.409. The Labute approximate surface area is 181 Å². The normalized spacial score (nSPS) is 14.1. The molecule has 9 heteroatoms. The third kappa shape index (κ3) is 5.78. The van der Waals surface area contributed by atoms with E-state index in [1.54, 1.807) is 6.92 Å². The van der Waals surface area contributed by atoms with Crippen LogP contribution in [0.2, 0.25) is 0 Å². The summed E-state index contributed by atoms with van der Waals surface area (Å²) in [5.74, 6) is -0.618. The van der Waals surface area contributed by atoms with E-state index in [0.29, 0.717) is 4.31 Å². The smallest absolute Gasteiger partial charge is 0.348 e. The van der Waals surface area contributed by atoms with Crippen molar-refractivity contribution in [3.63, 3.8) is 0 Å². The number of alkyl halides is 3. The quantitative estimate of drug-likeness (QED) is 0.687. The number of rotatable bonds is 6. The third-order valence-corrected chi connectivity index (χ3v) is 6.47. The summed E-state index contributed by atoms with van der Waals surface area (Å²) in [5.41, 5.74) is 2.80. The lowest BCUT2D eigenvalue weighted by Gasteiger charge is -2.30. The van der Waals surface area contributed by atoms with Gasteiger partial charge in [0.05, 0.1) is 23.5 Å². The molecule has 1 N–H and O–H groups in total. The lowest BCUT2D eigenvalue weighted by molar-refractivity contribution is -0.137. The number of hydrogen-bond acceptors (Lipinski definition) is 3. The van der Waals surface area contributed by atoms with Gasteiger partial charge >= 0.3 is 6.18 Å². The first-order valence-electron chi connectivity index (χ1n) is 9.67. The van der Waals surface area contributed by atoms with E-state index in [0.717, 1.165) is 46.7 Å². The van der Waals surface area contributed by atoms with Crippen LogP contribution in [0.3, 0.4) is 0 Å². The lowest BCUT2D eigenvalue weighted by atomic mass is 9.96. The van der Waals surface area contributed by atoms with Crippen LogP contribution in [-0.4, -0.2) is 26.6 Å². The summed E-state index contributed by atoms with van der Waals surface area (Å²) in [4.78, 5) is 12.9. The maximum absolute atomic E-state index is 13.1. The van der Waals surface area contributed by atoms with Gasteiger partial charge in [0.25, 0.3) is 0 Å². The molecule has 0 aliphatic heterocycles. The minimum atomic E-state index is -4.64. The third-order valence-electron chi connectivity index (χ3n) is 5.22. The molecular weight excluding hydrogens is 429 g/mol. The van der Waals surface area contributed by atoms with Crippen LogP contribution in [0, 0.1) is 20.8 Å². The highest BCUT2D eigenvalue weighted by molar-refractivity contribution is 7.92. The molecule has 0 aromatic heterocycles. The Morgan fingerprint density at radius 2 is 1.58 bits per heavy atom. The molecule has 0 aliphatic rings. The van der Waals surface area contributed by atoms with Crippen molar-refractivity contribution in [2.45, 2.75) is 52.9 Å². The highest BCUT2D eigenvalue weighted by Crippen LogP contribution is 2.33. The van der Waals surface area contributed by atoms with Crippen molar-refractivity contribution in [2.75, 3.05) is 10.6 Å². The number of nitrogens with zero attached hydrogens (tertiary/aromatic N) is 1. The van der Waals surface area contributed by atoms with E-state index in [1.165, 1.54) is 13.0 Å². The van der Waals surface area contributed by atoms with Gasteiger partial charge in [0.15, 0.2) is 0 Å². The first-order valence-corrected chi connectivity index (χ1v) is 11.5. The van der Waals surface area contributed by atoms with Gasteiger partial charge < -0.3 is 5.32 Å². The van der Waals surface area contributed by atoms with Gasteiger partial charge in [-0.15, -0.1) is 0 Å². The second kappa shape index (κ2) is 8.90. The van der Waals surface area contributed by atoms with Crippen molar-refractivity contribution in [3.8, 4) is 0 Å². The molecule has 0 bridgehead atoms. The minimum absolute atomic E-state index is 0.227. The molecule has 5 nitrogen and oxygen atoms in total. The standard InChI is InChI=1S/C22H27F3N2O3S/c1-13-10-15(3)20(11-14(13)2)16(4)26-21(28)17(5)27(31(6,29)30)19-9-7-8-18(12-19)22(23,24)25/h7-12,16-17H,1-6H3,(H,26,28). The molecule has 2 atom stereocenters. The van der Waals surface area contributed by atoms with Gasteiger partial charge in [-0.1, -0.05) is 18.2 Å². The molecule has 2 rings (SSSR count). The number of sulfonamides is 1. The van der Waals surface area contributed by atoms with Gasteiger partial charge in [-0.3, -0.25) is 9.10 Å². The molecule has 0 saturated heterocycles. The Hall–Kier alpha value is -2.55. The van der Waals surface area contributed by atoms with Crippen molar-refractivity contribution in [1.29, 1.82) is 0 Å². The predicted molar refractivity (Wildman–Crippen MR) is 115 cm³/mol. The van der Waals surface area contributed by atoms with Gasteiger partial charge in [-0.25, -0.2) is 8.42 Å². The SMILES string of the molecule is Cc1cc(C)c(C(C)NC(=O)C(C)N(c2cccc(C(F)(F)F)c2)S(C)(=O)=O)cc1C. The van der Waals surface area contributed by atoms with Crippen LogP contribution >= 0.6 is 0 Å². The van der Waals surface area contributed by atoms with Gasteiger partial charge in [-0.2, -0.15) is 13.2 Å². The number of nitrogens with one attached hydrogen (secondary N) is 1. The number of anilines is 1. The van der Waals surface area contributed by atoms with Crippen LogP contribution in [-0.2, 0) is 21.0 Å². The number of carbonyl (C=O) groups is 1. The van der Waals surface area contributed by atoms with Crippen LogP contribution in [0.5, 0.6) is 0 Å². The van der Waals surface area contributed by atoms with Crippen molar-refractivity contribution in [3.05, 3.63) is 64.2 Å². The summed E-state index contributed by atoms with van der Waals surface area (Å²) < 4.78 is 64.8. The Morgan fingerprint density at radius 1 is 1.00 bits per heavy atom. The molecule has 0 heterocycles.